The van der Waals surface area contributed by atoms with Gasteiger partial charge in [-0.05, 0) is 51.7 Å². The molecule has 2 fully saturated rings. The number of rotatable bonds is 4. The van der Waals surface area contributed by atoms with Gasteiger partial charge < -0.3 is 10.2 Å². The third-order valence-electron chi connectivity index (χ3n) is 6.67. The minimum Gasteiger partial charge on any atom is -0.353 e. The van der Waals surface area contributed by atoms with Crippen LogP contribution in [0.25, 0.3) is 16.0 Å². The molecule has 1 saturated carbocycles. The number of hydrogen-bond donors (Lipinski definition) is 1. The number of carbonyl (C=O) groups excluding carboxylic acids is 1. The van der Waals surface area contributed by atoms with Crippen molar-refractivity contribution < 1.29 is 4.79 Å². The molecule has 6 nitrogen and oxygen atoms in total. The maximum Gasteiger partial charge on any atom is 0.225 e. The molecule has 0 radical (unpaired) electrons. The van der Waals surface area contributed by atoms with E-state index in [4.69, 9.17) is 10.1 Å². The molecule has 3 heterocycles. The summed E-state index contributed by atoms with van der Waals surface area (Å²) in [6.45, 7) is 5.85. The molecular formula is C24H31N5OS. The zero-order valence-corrected chi connectivity index (χ0v) is 19.2. The molecule has 5 rings (SSSR count). The number of aromatic nitrogens is 3. The minimum absolute atomic E-state index is 0.0531. The maximum atomic E-state index is 12.9. The maximum absolute atomic E-state index is 12.9. The summed E-state index contributed by atoms with van der Waals surface area (Å²) in [5.41, 5.74) is 4.18. The topological polar surface area (TPSA) is 63.1 Å². The molecule has 2 aliphatic rings. The van der Waals surface area contributed by atoms with Gasteiger partial charge in [-0.2, -0.15) is 10.1 Å². The van der Waals surface area contributed by atoms with E-state index in [0.717, 1.165) is 65.6 Å². The van der Waals surface area contributed by atoms with Crippen molar-refractivity contribution in [3.05, 3.63) is 35.5 Å². The van der Waals surface area contributed by atoms with E-state index in [1.54, 1.807) is 11.3 Å². The number of hydrogen-bond acceptors (Lipinski definition) is 5. The average Bonchev–Trinajstić information content (AvgIpc) is 3.36. The van der Waals surface area contributed by atoms with Crippen LogP contribution < -0.4 is 10.2 Å². The monoisotopic (exact) mass is 437 g/mol. The first kappa shape index (κ1) is 20.5. The molecule has 2 aromatic heterocycles. The molecule has 1 aromatic carbocycles. The molecular weight excluding hydrogens is 406 g/mol. The predicted molar refractivity (Wildman–Crippen MR) is 126 cm³/mol. The van der Waals surface area contributed by atoms with Crippen LogP contribution in [0.1, 0.15) is 56.2 Å². The lowest BCUT2D eigenvalue weighted by molar-refractivity contribution is -0.126. The van der Waals surface area contributed by atoms with E-state index in [1.165, 1.54) is 24.8 Å². The Morgan fingerprint density at radius 2 is 1.84 bits per heavy atom. The van der Waals surface area contributed by atoms with Crippen LogP contribution in [-0.4, -0.2) is 39.8 Å². The van der Waals surface area contributed by atoms with E-state index in [2.05, 4.69) is 41.4 Å². The Kier molecular flexibility index (Phi) is 5.69. The van der Waals surface area contributed by atoms with Gasteiger partial charge in [0.05, 0.1) is 22.0 Å². The largest absolute Gasteiger partial charge is 0.353 e. The summed E-state index contributed by atoms with van der Waals surface area (Å²) < 4.78 is 3.07. The Bertz CT molecular complexity index is 1060. The highest BCUT2D eigenvalue weighted by atomic mass is 32.1. The molecule has 7 heteroatoms. The summed E-state index contributed by atoms with van der Waals surface area (Å²) in [6.07, 6.45) is 8.05. The molecule has 0 spiro atoms. The molecule has 31 heavy (non-hydrogen) atoms. The van der Waals surface area contributed by atoms with Crippen molar-refractivity contribution >= 4 is 32.7 Å². The van der Waals surface area contributed by atoms with Crippen LogP contribution in [0.2, 0.25) is 0 Å². The normalized spacial score (nSPS) is 20.3. The van der Waals surface area contributed by atoms with Gasteiger partial charge in [0.1, 0.15) is 0 Å². The van der Waals surface area contributed by atoms with Crippen LogP contribution in [-0.2, 0) is 4.79 Å². The third kappa shape index (κ3) is 4.20. The zero-order chi connectivity index (χ0) is 21.4. The molecule has 3 aromatic rings. The molecule has 0 unspecified atom stereocenters. The number of nitrogens with zero attached hydrogens (tertiary/aromatic N) is 4. The van der Waals surface area contributed by atoms with E-state index >= 15 is 0 Å². The number of anilines is 1. The van der Waals surface area contributed by atoms with Crippen molar-refractivity contribution in [1.82, 2.24) is 20.1 Å². The molecule has 1 aliphatic heterocycles. The third-order valence-corrected chi connectivity index (χ3v) is 7.88. The summed E-state index contributed by atoms with van der Waals surface area (Å²) >= 11 is 1.70. The van der Waals surface area contributed by atoms with Crippen LogP contribution in [0, 0.1) is 19.8 Å². The average molecular weight is 438 g/mol. The summed E-state index contributed by atoms with van der Waals surface area (Å²) in [7, 11) is 0. The number of benzene rings is 1. The lowest BCUT2D eigenvalue weighted by atomic mass is 9.93. The van der Waals surface area contributed by atoms with Crippen LogP contribution in [0.5, 0.6) is 0 Å². The number of piperidine rings is 1. The molecule has 1 N–H and O–H groups in total. The van der Waals surface area contributed by atoms with E-state index in [0.29, 0.717) is 6.04 Å². The van der Waals surface area contributed by atoms with Gasteiger partial charge in [0.2, 0.25) is 5.91 Å². The quantitative estimate of drug-likeness (QED) is 0.639. The van der Waals surface area contributed by atoms with Crippen molar-refractivity contribution in [2.75, 3.05) is 18.0 Å². The molecule has 1 aliphatic carbocycles. The van der Waals surface area contributed by atoms with Crippen LogP contribution in [0.3, 0.4) is 0 Å². The Morgan fingerprint density at radius 3 is 2.61 bits per heavy atom. The van der Waals surface area contributed by atoms with Crippen molar-refractivity contribution in [3.8, 4) is 5.69 Å². The van der Waals surface area contributed by atoms with E-state index in [1.807, 2.05) is 11.6 Å². The van der Waals surface area contributed by atoms with Gasteiger partial charge in [0, 0.05) is 19.1 Å². The first-order chi connectivity index (χ1) is 15.1. The van der Waals surface area contributed by atoms with E-state index in [9.17, 15) is 4.79 Å². The fourth-order valence-corrected chi connectivity index (χ4v) is 5.88. The van der Waals surface area contributed by atoms with Crippen molar-refractivity contribution in [2.45, 2.75) is 64.8 Å². The van der Waals surface area contributed by atoms with Crippen molar-refractivity contribution in [2.24, 2.45) is 5.92 Å². The van der Waals surface area contributed by atoms with Gasteiger partial charge >= 0.3 is 0 Å². The fourth-order valence-electron chi connectivity index (χ4n) is 4.86. The first-order valence-electron chi connectivity index (χ1n) is 11.6. The summed E-state index contributed by atoms with van der Waals surface area (Å²) in [6, 6.07) is 8.76. The number of amides is 1. The van der Waals surface area contributed by atoms with Crippen molar-refractivity contribution in [1.29, 1.82) is 0 Å². The molecule has 0 bridgehead atoms. The number of fused-ring (bicyclic) bond motifs is 1. The van der Waals surface area contributed by atoms with Gasteiger partial charge in [-0.1, -0.05) is 48.3 Å². The van der Waals surface area contributed by atoms with Crippen molar-refractivity contribution in [3.63, 3.8) is 0 Å². The Balaban J connectivity index is 1.34. The summed E-state index contributed by atoms with van der Waals surface area (Å²) in [5, 5.41) is 9.06. The van der Waals surface area contributed by atoms with Gasteiger partial charge in [-0.25, -0.2) is 4.68 Å². The lowest BCUT2D eigenvalue weighted by Gasteiger charge is -2.33. The highest BCUT2D eigenvalue weighted by molar-refractivity contribution is 7.22. The lowest BCUT2D eigenvalue weighted by Crippen LogP contribution is -2.46. The number of carbonyl (C=O) groups is 1. The number of aryl methyl sites for hydroxylation is 2. The fraction of sp³-hybridized carbons (Fsp3) is 0.542. The van der Waals surface area contributed by atoms with Gasteiger partial charge in [0.15, 0.2) is 10.8 Å². The van der Waals surface area contributed by atoms with Gasteiger partial charge in [-0.3, -0.25) is 4.79 Å². The van der Waals surface area contributed by atoms with E-state index < -0.39 is 0 Å². The SMILES string of the molecule is Cc1ccc(-n2nc(C)c3sc(N4CCC[C@H](C(=O)NC5CCCCC5)C4)nc32)cc1. The number of thiazole rings is 1. The van der Waals surface area contributed by atoms with Crippen LogP contribution in [0.15, 0.2) is 24.3 Å². The molecule has 1 atom stereocenters. The van der Waals surface area contributed by atoms with Crippen LogP contribution in [0.4, 0.5) is 5.13 Å². The Morgan fingerprint density at radius 1 is 1.06 bits per heavy atom. The second-order valence-electron chi connectivity index (χ2n) is 9.11. The molecule has 1 saturated heterocycles. The number of nitrogens with one attached hydrogen (secondary N) is 1. The van der Waals surface area contributed by atoms with Crippen LogP contribution >= 0.6 is 11.3 Å². The highest BCUT2D eigenvalue weighted by Crippen LogP contribution is 2.34. The first-order valence-corrected chi connectivity index (χ1v) is 12.4. The van der Waals surface area contributed by atoms with E-state index in [-0.39, 0.29) is 11.8 Å². The standard InChI is InChI=1S/C24H31N5OS/c1-16-10-12-20(13-11-16)29-22-21(17(2)27-29)31-24(26-22)28-14-6-7-18(15-28)23(30)25-19-8-4-3-5-9-19/h10-13,18-19H,3-9,14-15H2,1-2H3,(H,25,30)/t18-/m0/s1. The minimum atomic E-state index is 0.0531. The Labute approximate surface area is 187 Å². The van der Waals surface area contributed by atoms with Gasteiger partial charge in [-0.15, -0.1) is 0 Å². The predicted octanol–water partition coefficient (Wildman–Crippen LogP) is 4.76. The second kappa shape index (κ2) is 8.61. The highest BCUT2D eigenvalue weighted by Gasteiger charge is 2.29. The summed E-state index contributed by atoms with van der Waals surface area (Å²) in [4.78, 5) is 20.2. The molecule has 1 amide bonds. The van der Waals surface area contributed by atoms with Gasteiger partial charge in [0.25, 0.3) is 0 Å². The smallest absolute Gasteiger partial charge is 0.225 e. The second-order valence-corrected chi connectivity index (χ2v) is 10.1. The molecule has 164 valence electrons. The summed E-state index contributed by atoms with van der Waals surface area (Å²) in [5.74, 6) is 0.289. The Hall–Kier alpha value is -2.41. The zero-order valence-electron chi connectivity index (χ0n) is 18.4.